The number of benzene rings is 1. The van der Waals surface area contributed by atoms with E-state index in [0.29, 0.717) is 0 Å². The molecule has 0 saturated carbocycles. The van der Waals surface area contributed by atoms with Gasteiger partial charge in [0.25, 0.3) is 5.91 Å². The van der Waals surface area contributed by atoms with Gasteiger partial charge in [0.15, 0.2) is 0 Å². The molecule has 0 aromatic heterocycles. The summed E-state index contributed by atoms with van der Waals surface area (Å²) < 4.78 is 0. The molecule has 0 bridgehead atoms. The zero-order valence-electron chi connectivity index (χ0n) is 9.97. The molecule has 5 heteroatoms. The molecule has 0 spiro atoms. The summed E-state index contributed by atoms with van der Waals surface area (Å²) in [6.45, 7) is 5.95. The van der Waals surface area contributed by atoms with Gasteiger partial charge in [-0.2, -0.15) is 0 Å². The van der Waals surface area contributed by atoms with E-state index in [-0.39, 0.29) is 23.7 Å². The molecule has 0 radical (unpaired) electrons. The van der Waals surface area contributed by atoms with Gasteiger partial charge >= 0.3 is 0 Å². The Labute approximate surface area is 112 Å². The molecule has 17 heavy (non-hydrogen) atoms. The molecular formula is C12H17ClN2OS. The van der Waals surface area contributed by atoms with Crippen LogP contribution in [0.4, 0.5) is 5.69 Å². The summed E-state index contributed by atoms with van der Waals surface area (Å²) in [4.78, 5) is 15.3. The third-order valence-corrected chi connectivity index (χ3v) is 4.10. The van der Waals surface area contributed by atoms with Gasteiger partial charge in [0.2, 0.25) is 0 Å². The van der Waals surface area contributed by atoms with Crippen LogP contribution >= 0.6 is 24.2 Å². The summed E-state index contributed by atoms with van der Waals surface area (Å²) >= 11 is 1.64. The maximum Gasteiger partial charge on any atom is 0.252 e. The minimum Gasteiger partial charge on any atom is -0.323 e. The predicted molar refractivity (Wildman–Crippen MR) is 74.9 cm³/mol. The standard InChI is InChI=1S/C12H16N2OS.ClH/c1-3-14(4-2)12-11(15)13-9-7-5-6-8-10(9)16-12;/h5-8,12H,3-4H2,1-2H3,(H,13,15);1H. The minimum absolute atomic E-state index is 0. The Hall–Kier alpha value is -0.710. The lowest BCUT2D eigenvalue weighted by Crippen LogP contribution is -2.43. The highest BCUT2D eigenvalue weighted by Crippen LogP contribution is 2.36. The Bertz CT molecular complexity index is 396. The van der Waals surface area contributed by atoms with E-state index < -0.39 is 0 Å². The van der Waals surface area contributed by atoms with Gasteiger partial charge in [-0.05, 0) is 25.2 Å². The number of carbonyl (C=O) groups is 1. The summed E-state index contributed by atoms with van der Waals surface area (Å²) in [6.07, 6.45) is 0. The Kier molecular flexibility index (Phi) is 5.31. The number of anilines is 1. The number of nitrogens with zero attached hydrogens (tertiary/aromatic N) is 1. The van der Waals surface area contributed by atoms with Gasteiger partial charge in [0.05, 0.1) is 5.69 Å². The Balaban J connectivity index is 0.00000144. The molecule has 1 amide bonds. The first-order chi connectivity index (χ1) is 7.76. The molecule has 0 aliphatic carbocycles. The molecule has 0 saturated heterocycles. The van der Waals surface area contributed by atoms with Crippen molar-refractivity contribution in [1.29, 1.82) is 0 Å². The van der Waals surface area contributed by atoms with Crippen molar-refractivity contribution >= 4 is 35.8 Å². The number of fused-ring (bicyclic) bond motifs is 1. The van der Waals surface area contributed by atoms with Gasteiger partial charge in [-0.25, -0.2) is 0 Å². The fourth-order valence-electron chi connectivity index (χ4n) is 1.84. The van der Waals surface area contributed by atoms with Crippen LogP contribution in [0.1, 0.15) is 13.8 Å². The van der Waals surface area contributed by atoms with Crippen molar-refractivity contribution in [3.63, 3.8) is 0 Å². The van der Waals surface area contributed by atoms with E-state index in [9.17, 15) is 4.79 Å². The number of hydrogen-bond acceptors (Lipinski definition) is 3. The van der Waals surface area contributed by atoms with Crippen LogP contribution in [-0.4, -0.2) is 29.3 Å². The lowest BCUT2D eigenvalue weighted by molar-refractivity contribution is -0.118. The zero-order chi connectivity index (χ0) is 11.5. The Morgan fingerprint density at radius 2 is 1.94 bits per heavy atom. The molecule has 1 atom stereocenters. The number of para-hydroxylation sites is 1. The van der Waals surface area contributed by atoms with Crippen LogP contribution in [-0.2, 0) is 4.79 Å². The van der Waals surface area contributed by atoms with Gasteiger partial charge in [-0.15, -0.1) is 12.4 Å². The maximum absolute atomic E-state index is 11.9. The van der Waals surface area contributed by atoms with Gasteiger partial charge in [-0.1, -0.05) is 37.7 Å². The molecule has 1 aliphatic heterocycles. The molecule has 1 aliphatic rings. The SMILES string of the molecule is CCN(CC)C1Sc2ccccc2NC1=O.Cl. The van der Waals surface area contributed by atoms with Crippen molar-refractivity contribution in [3.05, 3.63) is 24.3 Å². The van der Waals surface area contributed by atoms with Crippen molar-refractivity contribution in [2.75, 3.05) is 18.4 Å². The smallest absolute Gasteiger partial charge is 0.252 e. The monoisotopic (exact) mass is 272 g/mol. The zero-order valence-corrected chi connectivity index (χ0v) is 11.6. The fourth-order valence-corrected chi connectivity index (χ4v) is 3.09. The largest absolute Gasteiger partial charge is 0.323 e. The lowest BCUT2D eigenvalue weighted by atomic mass is 10.3. The fraction of sp³-hybridized carbons (Fsp3) is 0.417. The Morgan fingerprint density at radius 3 is 2.59 bits per heavy atom. The van der Waals surface area contributed by atoms with Crippen molar-refractivity contribution in [2.24, 2.45) is 0 Å². The quantitative estimate of drug-likeness (QED) is 0.918. The molecule has 2 rings (SSSR count). The van der Waals surface area contributed by atoms with Crippen LogP contribution in [0.15, 0.2) is 29.2 Å². The second-order valence-corrected chi connectivity index (χ2v) is 4.80. The topological polar surface area (TPSA) is 32.3 Å². The molecule has 1 aromatic rings. The highest BCUT2D eigenvalue weighted by atomic mass is 35.5. The molecule has 1 N–H and O–H groups in total. The third-order valence-electron chi connectivity index (χ3n) is 2.75. The molecule has 3 nitrogen and oxygen atoms in total. The first-order valence-corrected chi connectivity index (χ1v) is 6.44. The van der Waals surface area contributed by atoms with Gasteiger partial charge in [0, 0.05) is 4.90 Å². The van der Waals surface area contributed by atoms with Crippen LogP contribution in [0.5, 0.6) is 0 Å². The molecule has 1 aromatic carbocycles. The molecule has 0 fully saturated rings. The average molecular weight is 273 g/mol. The van der Waals surface area contributed by atoms with Gasteiger partial charge in [-0.3, -0.25) is 9.69 Å². The summed E-state index contributed by atoms with van der Waals surface area (Å²) in [5, 5.41) is 2.86. The van der Waals surface area contributed by atoms with E-state index >= 15 is 0 Å². The summed E-state index contributed by atoms with van der Waals surface area (Å²) in [5.41, 5.74) is 0.931. The number of likely N-dealkylation sites (N-methyl/N-ethyl adjacent to an activating group) is 1. The van der Waals surface area contributed by atoms with Crippen molar-refractivity contribution in [2.45, 2.75) is 24.1 Å². The number of carbonyl (C=O) groups excluding carboxylic acids is 1. The van der Waals surface area contributed by atoms with E-state index in [0.717, 1.165) is 23.7 Å². The second-order valence-electron chi connectivity index (χ2n) is 3.68. The normalized spacial score (nSPS) is 18.3. The van der Waals surface area contributed by atoms with Crippen molar-refractivity contribution in [3.8, 4) is 0 Å². The number of nitrogens with one attached hydrogen (secondary N) is 1. The number of thioether (sulfide) groups is 1. The van der Waals surface area contributed by atoms with Crippen LogP contribution in [0.3, 0.4) is 0 Å². The highest BCUT2D eigenvalue weighted by molar-refractivity contribution is 8.00. The van der Waals surface area contributed by atoms with Crippen molar-refractivity contribution in [1.82, 2.24) is 4.90 Å². The van der Waals surface area contributed by atoms with Gasteiger partial charge < -0.3 is 5.32 Å². The van der Waals surface area contributed by atoms with Crippen LogP contribution in [0.2, 0.25) is 0 Å². The predicted octanol–water partition coefficient (Wildman–Crippen LogP) is 2.82. The number of amides is 1. The van der Waals surface area contributed by atoms with E-state index in [2.05, 4.69) is 30.1 Å². The van der Waals surface area contributed by atoms with E-state index in [1.54, 1.807) is 11.8 Å². The first kappa shape index (κ1) is 14.4. The Morgan fingerprint density at radius 1 is 1.29 bits per heavy atom. The highest BCUT2D eigenvalue weighted by Gasteiger charge is 2.30. The molecule has 1 heterocycles. The van der Waals surface area contributed by atoms with Crippen molar-refractivity contribution < 1.29 is 4.79 Å². The maximum atomic E-state index is 11.9. The van der Waals surface area contributed by atoms with Crippen LogP contribution in [0.25, 0.3) is 0 Å². The third kappa shape index (κ3) is 2.94. The van der Waals surface area contributed by atoms with E-state index in [1.807, 2.05) is 18.2 Å². The van der Waals surface area contributed by atoms with Crippen LogP contribution in [0, 0.1) is 0 Å². The summed E-state index contributed by atoms with van der Waals surface area (Å²) in [6, 6.07) is 7.94. The molecule has 94 valence electrons. The summed E-state index contributed by atoms with van der Waals surface area (Å²) in [5.74, 6) is 0.0902. The number of rotatable bonds is 3. The lowest BCUT2D eigenvalue weighted by Gasteiger charge is -2.31. The first-order valence-electron chi connectivity index (χ1n) is 5.56. The number of halogens is 1. The minimum atomic E-state index is -0.0927. The van der Waals surface area contributed by atoms with E-state index in [4.69, 9.17) is 0 Å². The van der Waals surface area contributed by atoms with Gasteiger partial charge in [0.1, 0.15) is 5.37 Å². The number of hydrogen-bond donors (Lipinski definition) is 1. The average Bonchev–Trinajstić information content (AvgIpc) is 2.31. The second kappa shape index (κ2) is 6.28. The summed E-state index contributed by atoms with van der Waals surface area (Å²) in [7, 11) is 0. The van der Waals surface area contributed by atoms with Crippen LogP contribution < -0.4 is 5.32 Å². The molecule has 1 unspecified atom stereocenters. The molecular weight excluding hydrogens is 256 g/mol. The van der Waals surface area contributed by atoms with E-state index in [1.165, 1.54) is 0 Å².